The van der Waals surface area contributed by atoms with Gasteiger partial charge in [0.1, 0.15) is 11.9 Å². The van der Waals surface area contributed by atoms with Crippen molar-refractivity contribution in [3.8, 4) is 6.07 Å². The molecule has 6 heteroatoms. The molecule has 16 heavy (non-hydrogen) atoms. The molecule has 0 fully saturated rings. The Morgan fingerprint density at radius 3 is 3.06 bits per heavy atom. The maximum Gasteiger partial charge on any atom is 0.354 e. The third kappa shape index (κ3) is 1.39. The van der Waals surface area contributed by atoms with Crippen LogP contribution in [0.15, 0.2) is 28.4 Å². The van der Waals surface area contributed by atoms with Crippen LogP contribution in [-0.4, -0.2) is 28.7 Å². The van der Waals surface area contributed by atoms with Gasteiger partial charge >= 0.3 is 5.97 Å². The van der Waals surface area contributed by atoms with Crippen molar-refractivity contribution in [1.29, 1.82) is 5.26 Å². The summed E-state index contributed by atoms with van der Waals surface area (Å²) >= 11 is 0. The second kappa shape index (κ2) is 3.62. The van der Waals surface area contributed by atoms with E-state index in [9.17, 15) is 9.59 Å². The number of aliphatic imine (C=N–C) groups is 1. The number of allylic oxidation sites excluding steroid dienone is 1. The number of nitrogens with zero attached hydrogens (tertiary/aromatic N) is 2. The number of carboxylic acids is 1. The SMILES string of the molecule is N#CCC1=C2C(=O)C=CNC2N=C1C(=O)O. The molecule has 0 aliphatic carbocycles. The number of nitrogens with one attached hydrogen (secondary N) is 1. The van der Waals surface area contributed by atoms with Gasteiger partial charge in [0.2, 0.25) is 0 Å². The van der Waals surface area contributed by atoms with Crippen LogP contribution in [0.2, 0.25) is 0 Å². The van der Waals surface area contributed by atoms with Gasteiger partial charge in [-0.05, 0) is 0 Å². The summed E-state index contributed by atoms with van der Waals surface area (Å²) in [5.41, 5.74) is 0.273. The summed E-state index contributed by atoms with van der Waals surface area (Å²) in [6.45, 7) is 0. The van der Waals surface area contributed by atoms with E-state index in [0.717, 1.165) is 0 Å². The van der Waals surface area contributed by atoms with Crippen LogP contribution in [-0.2, 0) is 9.59 Å². The highest BCUT2D eigenvalue weighted by atomic mass is 16.4. The zero-order valence-electron chi connectivity index (χ0n) is 8.10. The van der Waals surface area contributed by atoms with Crippen molar-refractivity contribution in [2.24, 2.45) is 4.99 Å². The number of fused-ring (bicyclic) bond motifs is 1. The van der Waals surface area contributed by atoms with Gasteiger partial charge in [-0.2, -0.15) is 5.26 Å². The number of carbonyl (C=O) groups excluding carboxylic acids is 1. The number of rotatable bonds is 2. The van der Waals surface area contributed by atoms with E-state index in [-0.39, 0.29) is 29.1 Å². The minimum atomic E-state index is -1.22. The lowest BCUT2D eigenvalue weighted by Gasteiger charge is -2.15. The first-order chi connectivity index (χ1) is 7.65. The van der Waals surface area contributed by atoms with Gasteiger partial charge in [0.05, 0.1) is 18.1 Å². The van der Waals surface area contributed by atoms with Gasteiger partial charge in [-0.1, -0.05) is 0 Å². The maximum absolute atomic E-state index is 11.6. The molecule has 0 radical (unpaired) electrons. The first-order valence-electron chi connectivity index (χ1n) is 4.53. The van der Waals surface area contributed by atoms with Crippen molar-refractivity contribution >= 4 is 17.5 Å². The Balaban J connectivity index is 2.52. The normalized spacial score (nSPS) is 22.3. The van der Waals surface area contributed by atoms with E-state index in [2.05, 4.69) is 10.3 Å². The Kier molecular flexibility index (Phi) is 2.29. The van der Waals surface area contributed by atoms with Crippen LogP contribution in [0.3, 0.4) is 0 Å². The van der Waals surface area contributed by atoms with E-state index in [1.165, 1.54) is 12.3 Å². The second-order valence-corrected chi connectivity index (χ2v) is 3.28. The fourth-order valence-electron chi connectivity index (χ4n) is 1.72. The van der Waals surface area contributed by atoms with Crippen LogP contribution in [0.1, 0.15) is 6.42 Å². The minimum absolute atomic E-state index is 0.127. The molecule has 6 nitrogen and oxygen atoms in total. The molecule has 2 aliphatic rings. The average Bonchev–Trinajstić information content (AvgIpc) is 2.59. The third-order valence-corrected chi connectivity index (χ3v) is 2.36. The van der Waals surface area contributed by atoms with Crippen molar-refractivity contribution in [3.05, 3.63) is 23.4 Å². The third-order valence-electron chi connectivity index (χ3n) is 2.36. The zero-order valence-corrected chi connectivity index (χ0v) is 8.10. The molecule has 0 aromatic heterocycles. The molecule has 0 bridgehead atoms. The van der Waals surface area contributed by atoms with E-state index in [0.29, 0.717) is 0 Å². The molecule has 0 aromatic rings. The molecule has 0 saturated heterocycles. The molecule has 1 atom stereocenters. The number of carboxylic acid groups (broad SMARTS) is 1. The molecule has 2 rings (SSSR count). The molecular weight excluding hydrogens is 210 g/mol. The Bertz CT molecular complexity index is 508. The zero-order chi connectivity index (χ0) is 11.7. The Morgan fingerprint density at radius 2 is 2.44 bits per heavy atom. The number of carbonyl (C=O) groups is 2. The van der Waals surface area contributed by atoms with Crippen LogP contribution in [0.25, 0.3) is 0 Å². The molecule has 0 saturated carbocycles. The molecule has 2 N–H and O–H groups in total. The average molecular weight is 217 g/mol. The highest BCUT2D eigenvalue weighted by Crippen LogP contribution is 2.26. The summed E-state index contributed by atoms with van der Waals surface area (Å²) < 4.78 is 0. The lowest BCUT2D eigenvalue weighted by Crippen LogP contribution is -2.30. The van der Waals surface area contributed by atoms with Crippen molar-refractivity contribution in [2.45, 2.75) is 12.6 Å². The fourth-order valence-corrected chi connectivity index (χ4v) is 1.72. The van der Waals surface area contributed by atoms with E-state index >= 15 is 0 Å². The molecule has 80 valence electrons. The highest BCUT2D eigenvalue weighted by Gasteiger charge is 2.35. The highest BCUT2D eigenvalue weighted by molar-refractivity contribution is 6.45. The smallest absolute Gasteiger partial charge is 0.354 e. The molecule has 2 heterocycles. The van der Waals surface area contributed by atoms with Crippen molar-refractivity contribution < 1.29 is 14.7 Å². The van der Waals surface area contributed by atoms with E-state index in [4.69, 9.17) is 10.4 Å². The molecule has 1 unspecified atom stereocenters. The summed E-state index contributed by atoms with van der Waals surface area (Å²) in [4.78, 5) is 26.3. The van der Waals surface area contributed by atoms with Crippen LogP contribution in [0, 0.1) is 11.3 Å². The predicted octanol–water partition coefficient (Wildman–Crippen LogP) is -0.252. The molecule has 2 aliphatic heterocycles. The summed E-state index contributed by atoms with van der Waals surface area (Å²) in [5, 5.41) is 20.3. The van der Waals surface area contributed by atoms with Crippen molar-refractivity contribution in [1.82, 2.24) is 5.32 Å². The van der Waals surface area contributed by atoms with E-state index < -0.39 is 12.1 Å². The van der Waals surface area contributed by atoms with E-state index in [1.54, 1.807) is 0 Å². The number of hydrogen-bond donors (Lipinski definition) is 2. The van der Waals surface area contributed by atoms with Gasteiger partial charge < -0.3 is 10.4 Å². The van der Waals surface area contributed by atoms with Gasteiger partial charge in [0.25, 0.3) is 0 Å². The first kappa shape index (κ1) is 10.1. The van der Waals surface area contributed by atoms with Gasteiger partial charge in [-0.3, -0.25) is 4.79 Å². The van der Waals surface area contributed by atoms with Crippen LogP contribution in [0.5, 0.6) is 0 Å². The summed E-state index contributed by atoms with van der Waals surface area (Å²) in [6.07, 6.45) is 1.93. The quantitative estimate of drug-likeness (QED) is 0.663. The minimum Gasteiger partial charge on any atom is -0.477 e. The van der Waals surface area contributed by atoms with Crippen LogP contribution >= 0.6 is 0 Å². The Labute approximate surface area is 90.6 Å². The van der Waals surface area contributed by atoms with Crippen LogP contribution < -0.4 is 5.32 Å². The van der Waals surface area contributed by atoms with Gasteiger partial charge in [0, 0.05) is 17.8 Å². The summed E-state index contributed by atoms with van der Waals surface area (Å²) in [7, 11) is 0. The maximum atomic E-state index is 11.6. The number of aliphatic carboxylic acids is 1. The Hall–Kier alpha value is -2.42. The second-order valence-electron chi connectivity index (χ2n) is 3.28. The van der Waals surface area contributed by atoms with Crippen molar-refractivity contribution in [2.75, 3.05) is 0 Å². The van der Waals surface area contributed by atoms with Gasteiger partial charge in [-0.15, -0.1) is 0 Å². The molecule has 0 amide bonds. The molecule has 0 spiro atoms. The monoisotopic (exact) mass is 217 g/mol. The summed E-state index contributed by atoms with van der Waals surface area (Å²) in [6, 6.07) is 1.84. The van der Waals surface area contributed by atoms with Gasteiger partial charge in [-0.25, -0.2) is 9.79 Å². The lowest BCUT2D eigenvalue weighted by molar-refractivity contribution is -0.129. The van der Waals surface area contributed by atoms with E-state index in [1.807, 2.05) is 6.07 Å². The predicted molar refractivity (Wildman–Crippen MR) is 53.4 cm³/mol. The molecule has 0 aromatic carbocycles. The first-order valence-corrected chi connectivity index (χ1v) is 4.53. The largest absolute Gasteiger partial charge is 0.477 e. The topological polar surface area (TPSA) is 103 Å². The number of nitriles is 1. The Morgan fingerprint density at radius 1 is 1.69 bits per heavy atom. The molecular formula is C10H7N3O3. The number of hydrogen-bond acceptors (Lipinski definition) is 5. The summed E-state index contributed by atoms with van der Waals surface area (Å²) in [5.74, 6) is -1.52. The lowest BCUT2D eigenvalue weighted by atomic mass is 9.97. The number of ketones is 1. The van der Waals surface area contributed by atoms with Crippen molar-refractivity contribution in [3.63, 3.8) is 0 Å². The fraction of sp³-hybridized carbons (Fsp3) is 0.200. The van der Waals surface area contributed by atoms with Gasteiger partial charge in [0.15, 0.2) is 5.78 Å². The van der Waals surface area contributed by atoms with Crippen LogP contribution in [0.4, 0.5) is 0 Å². The standard InChI is InChI=1S/C10H7N3O3/c11-3-1-5-7-6(14)2-4-12-9(7)13-8(5)10(15)16/h2,4,9,12H,1H2,(H,15,16).